The molecule has 0 aromatic heterocycles. The van der Waals surface area contributed by atoms with Gasteiger partial charge in [0.2, 0.25) is 5.91 Å². The van der Waals surface area contributed by atoms with E-state index < -0.39 is 17.7 Å². The van der Waals surface area contributed by atoms with E-state index in [4.69, 9.17) is 5.11 Å². The highest BCUT2D eigenvalue weighted by Crippen LogP contribution is 2.22. The molecule has 1 N–H and O–H groups in total. The lowest BCUT2D eigenvalue weighted by atomic mass is 9.94. The van der Waals surface area contributed by atoms with Crippen molar-refractivity contribution in [2.45, 2.75) is 32.6 Å². The molecule has 6 nitrogen and oxygen atoms in total. The lowest BCUT2D eigenvalue weighted by Crippen LogP contribution is -2.43. The van der Waals surface area contributed by atoms with Crippen LogP contribution >= 0.6 is 0 Å². The van der Waals surface area contributed by atoms with Gasteiger partial charge in [0.15, 0.2) is 0 Å². The summed E-state index contributed by atoms with van der Waals surface area (Å²) in [5.41, 5.74) is -0.335. The topological polar surface area (TPSA) is 77.9 Å². The van der Waals surface area contributed by atoms with Crippen molar-refractivity contribution < 1.29 is 23.9 Å². The molecule has 26 heavy (non-hydrogen) atoms. The standard InChI is InChI=1S/C19H25FN2O4/c1-3-4-9-21(2)17(23)13-7-10-22(11-8-13)18(24)15-6-5-14(19(25)26)12-16(15)20/h5-6,12-13H,3-4,7-11H2,1-2H3,(H,25,26). The summed E-state index contributed by atoms with van der Waals surface area (Å²) in [5.74, 6) is -2.56. The number of amides is 2. The molecule has 142 valence electrons. The van der Waals surface area contributed by atoms with Crippen LogP contribution in [-0.2, 0) is 4.79 Å². The zero-order valence-electron chi connectivity index (χ0n) is 15.2. The molecule has 1 aromatic rings. The summed E-state index contributed by atoms with van der Waals surface area (Å²) in [6.45, 7) is 3.58. The minimum Gasteiger partial charge on any atom is -0.478 e. The third-order valence-electron chi connectivity index (χ3n) is 4.80. The van der Waals surface area contributed by atoms with Crippen molar-refractivity contribution in [1.82, 2.24) is 9.80 Å². The molecule has 2 amide bonds. The van der Waals surface area contributed by atoms with E-state index in [1.165, 1.54) is 17.0 Å². The molecule has 0 spiro atoms. The summed E-state index contributed by atoms with van der Waals surface area (Å²) in [6, 6.07) is 3.28. The summed E-state index contributed by atoms with van der Waals surface area (Å²) in [5, 5.41) is 8.87. The number of carboxylic acids is 1. The van der Waals surface area contributed by atoms with Crippen LogP contribution in [0.1, 0.15) is 53.3 Å². The fourth-order valence-electron chi connectivity index (χ4n) is 3.14. The summed E-state index contributed by atoms with van der Waals surface area (Å²) in [4.78, 5) is 39.0. The van der Waals surface area contributed by atoms with Crippen LogP contribution in [0.5, 0.6) is 0 Å². The number of rotatable bonds is 6. The van der Waals surface area contributed by atoms with Gasteiger partial charge in [-0.25, -0.2) is 9.18 Å². The number of unbranched alkanes of at least 4 members (excludes halogenated alkanes) is 1. The molecular formula is C19H25FN2O4. The maximum absolute atomic E-state index is 14.1. The average Bonchev–Trinajstić information content (AvgIpc) is 2.64. The second-order valence-electron chi connectivity index (χ2n) is 6.68. The molecule has 0 bridgehead atoms. The number of benzene rings is 1. The number of aromatic carboxylic acids is 1. The number of halogens is 1. The first kappa shape index (κ1) is 19.9. The van der Waals surface area contributed by atoms with Crippen LogP contribution in [0, 0.1) is 11.7 Å². The molecule has 0 unspecified atom stereocenters. The van der Waals surface area contributed by atoms with Crippen LogP contribution in [0.15, 0.2) is 18.2 Å². The summed E-state index contributed by atoms with van der Waals surface area (Å²) < 4.78 is 14.1. The number of nitrogens with zero attached hydrogens (tertiary/aromatic N) is 2. The molecule has 1 aliphatic rings. The Labute approximate surface area is 152 Å². The van der Waals surface area contributed by atoms with Crippen molar-refractivity contribution in [2.75, 3.05) is 26.7 Å². The smallest absolute Gasteiger partial charge is 0.335 e. The predicted octanol–water partition coefficient (Wildman–Crippen LogP) is 2.63. The Morgan fingerprint density at radius 3 is 2.46 bits per heavy atom. The summed E-state index contributed by atoms with van der Waals surface area (Å²) in [6.07, 6.45) is 3.09. The van der Waals surface area contributed by atoms with Crippen LogP contribution in [0.25, 0.3) is 0 Å². The molecule has 1 fully saturated rings. The van der Waals surface area contributed by atoms with Crippen molar-refractivity contribution in [1.29, 1.82) is 0 Å². The number of piperidine rings is 1. The van der Waals surface area contributed by atoms with Crippen LogP contribution in [0.2, 0.25) is 0 Å². The van der Waals surface area contributed by atoms with Gasteiger partial charge >= 0.3 is 5.97 Å². The Kier molecular flexibility index (Phi) is 6.71. The number of carboxylic acid groups (broad SMARTS) is 1. The molecule has 2 rings (SSSR count). The van der Waals surface area contributed by atoms with Gasteiger partial charge in [-0.3, -0.25) is 9.59 Å². The van der Waals surface area contributed by atoms with Gasteiger partial charge in [-0.15, -0.1) is 0 Å². The number of hydrogen-bond acceptors (Lipinski definition) is 3. The Hall–Kier alpha value is -2.44. The minimum atomic E-state index is -1.24. The molecule has 0 atom stereocenters. The van der Waals surface area contributed by atoms with Gasteiger partial charge in [0.1, 0.15) is 5.82 Å². The molecule has 0 aliphatic carbocycles. The van der Waals surface area contributed by atoms with E-state index in [0.717, 1.165) is 25.5 Å². The highest BCUT2D eigenvalue weighted by molar-refractivity contribution is 5.96. The van der Waals surface area contributed by atoms with Gasteiger partial charge in [0.25, 0.3) is 5.91 Å². The van der Waals surface area contributed by atoms with Gasteiger partial charge < -0.3 is 14.9 Å². The van der Waals surface area contributed by atoms with Crippen molar-refractivity contribution in [2.24, 2.45) is 5.92 Å². The quantitative estimate of drug-likeness (QED) is 0.842. The maximum Gasteiger partial charge on any atom is 0.335 e. The average molecular weight is 364 g/mol. The normalized spacial score (nSPS) is 15.0. The highest BCUT2D eigenvalue weighted by atomic mass is 19.1. The lowest BCUT2D eigenvalue weighted by molar-refractivity contribution is -0.135. The molecule has 7 heteroatoms. The SMILES string of the molecule is CCCCN(C)C(=O)C1CCN(C(=O)c2ccc(C(=O)O)cc2F)CC1. The molecule has 1 heterocycles. The van der Waals surface area contributed by atoms with Gasteiger partial charge in [-0.1, -0.05) is 13.3 Å². The van der Waals surface area contributed by atoms with Gasteiger partial charge in [-0.05, 0) is 37.5 Å². The summed E-state index contributed by atoms with van der Waals surface area (Å²) in [7, 11) is 1.80. The van der Waals surface area contributed by atoms with Gasteiger partial charge in [0, 0.05) is 32.6 Å². The van der Waals surface area contributed by atoms with E-state index in [-0.39, 0.29) is 23.0 Å². The fourth-order valence-corrected chi connectivity index (χ4v) is 3.14. The Balaban J connectivity index is 1.96. The lowest BCUT2D eigenvalue weighted by Gasteiger charge is -2.33. The monoisotopic (exact) mass is 364 g/mol. The van der Waals surface area contributed by atoms with Crippen LogP contribution in [-0.4, -0.2) is 59.4 Å². The van der Waals surface area contributed by atoms with Crippen molar-refractivity contribution in [3.05, 3.63) is 35.1 Å². The number of carbonyl (C=O) groups excluding carboxylic acids is 2. The first-order valence-electron chi connectivity index (χ1n) is 8.92. The van der Waals surface area contributed by atoms with E-state index in [0.29, 0.717) is 25.9 Å². The highest BCUT2D eigenvalue weighted by Gasteiger charge is 2.30. The minimum absolute atomic E-state index is 0.0996. The van der Waals surface area contributed by atoms with E-state index in [1.807, 2.05) is 0 Å². The van der Waals surface area contributed by atoms with Crippen molar-refractivity contribution in [3.63, 3.8) is 0 Å². The number of likely N-dealkylation sites (tertiary alicyclic amines) is 1. The third kappa shape index (κ3) is 4.59. The second-order valence-corrected chi connectivity index (χ2v) is 6.68. The largest absolute Gasteiger partial charge is 0.478 e. The van der Waals surface area contributed by atoms with Crippen LogP contribution < -0.4 is 0 Å². The molecule has 0 radical (unpaired) electrons. The zero-order valence-corrected chi connectivity index (χ0v) is 15.2. The summed E-state index contributed by atoms with van der Waals surface area (Å²) >= 11 is 0. The van der Waals surface area contributed by atoms with Crippen molar-refractivity contribution >= 4 is 17.8 Å². The first-order valence-corrected chi connectivity index (χ1v) is 8.92. The van der Waals surface area contributed by atoms with Crippen molar-refractivity contribution in [3.8, 4) is 0 Å². The van der Waals surface area contributed by atoms with E-state index >= 15 is 0 Å². The second kappa shape index (κ2) is 8.78. The zero-order chi connectivity index (χ0) is 19.3. The van der Waals surface area contributed by atoms with E-state index in [2.05, 4.69) is 6.92 Å². The van der Waals surface area contributed by atoms with Gasteiger partial charge in [0.05, 0.1) is 11.1 Å². The van der Waals surface area contributed by atoms with Crippen LogP contribution in [0.3, 0.4) is 0 Å². The first-order chi connectivity index (χ1) is 12.3. The molecule has 1 aromatic carbocycles. The predicted molar refractivity (Wildman–Crippen MR) is 94.5 cm³/mol. The molecule has 1 saturated heterocycles. The van der Waals surface area contributed by atoms with Crippen LogP contribution in [0.4, 0.5) is 4.39 Å². The number of carbonyl (C=O) groups is 3. The van der Waals surface area contributed by atoms with Gasteiger partial charge in [-0.2, -0.15) is 0 Å². The molecule has 0 saturated carbocycles. The number of hydrogen-bond donors (Lipinski definition) is 1. The Bertz CT molecular complexity index is 684. The fraction of sp³-hybridized carbons (Fsp3) is 0.526. The molecule has 1 aliphatic heterocycles. The third-order valence-corrected chi connectivity index (χ3v) is 4.80. The maximum atomic E-state index is 14.1. The van der Waals surface area contributed by atoms with E-state index in [1.54, 1.807) is 11.9 Å². The van der Waals surface area contributed by atoms with E-state index in [9.17, 15) is 18.8 Å². The Morgan fingerprint density at radius 1 is 1.27 bits per heavy atom. The Morgan fingerprint density at radius 2 is 1.92 bits per heavy atom. The molecular weight excluding hydrogens is 339 g/mol.